The molecule has 0 aliphatic carbocycles. The zero-order valence-electron chi connectivity index (χ0n) is 11.7. The first-order valence-electron chi connectivity index (χ1n) is 7.42. The molecule has 0 amide bonds. The maximum absolute atomic E-state index is 5.97. The fraction of sp³-hybridized carbons (Fsp3) is 0.625. The SMILES string of the molecule is CC1CCC(CN2Cc3ccccc3CC2CN)O1. The van der Waals surface area contributed by atoms with Crippen molar-refractivity contribution in [2.45, 2.75) is 51.0 Å². The molecule has 0 radical (unpaired) electrons. The minimum absolute atomic E-state index is 0.398. The van der Waals surface area contributed by atoms with Crippen LogP contribution in [-0.2, 0) is 17.7 Å². The Bertz CT molecular complexity index is 435. The van der Waals surface area contributed by atoms with Crippen LogP contribution in [0.5, 0.6) is 0 Å². The van der Waals surface area contributed by atoms with Crippen molar-refractivity contribution in [2.75, 3.05) is 13.1 Å². The molecule has 19 heavy (non-hydrogen) atoms. The molecule has 2 N–H and O–H groups in total. The van der Waals surface area contributed by atoms with Crippen molar-refractivity contribution in [1.82, 2.24) is 4.90 Å². The summed E-state index contributed by atoms with van der Waals surface area (Å²) >= 11 is 0. The van der Waals surface area contributed by atoms with E-state index in [-0.39, 0.29) is 0 Å². The van der Waals surface area contributed by atoms with E-state index in [1.165, 1.54) is 24.0 Å². The molecule has 0 spiro atoms. The average molecular weight is 260 g/mol. The van der Waals surface area contributed by atoms with Crippen molar-refractivity contribution in [3.8, 4) is 0 Å². The van der Waals surface area contributed by atoms with Gasteiger partial charge in [-0.2, -0.15) is 0 Å². The molecule has 3 heteroatoms. The smallest absolute Gasteiger partial charge is 0.0706 e. The van der Waals surface area contributed by atoms with E-state index in [1.807, 2.05) is 0 Å². The van der Waals surface area contributed by atoms with Crippen LogP contribution >= 0.6 is 0 Å². The van der Waals surface area contributed by atoms with Crippen molar-refractivity contribution in [3.63, 3.8) is 0 Å². The Morgan fingerprint density at radius 2 is 2.05 bits per heavy atom. The number of hydrogen-bond donors (Lipinski definition) is 1. The molecule has 0 aromatic heterocycles. The van der Waals surface area contributed by atoms with E-state index in [1.54, 1.807) is 0 Å². The van der Waals surface area contributed by atoms with Crippen molar-refractivity contribution in [3.05, 3.63) is 35.4 Å². The Morgan fingerprint density at radius 3 is 2.74 bits per heavy atom. The zero-order chi connectivity index (χ0) is 13.2. The molecule has 0 bridgehead atoms. The highest BCUT2D eigenvalue weighted by atomic mass is 16.5. The molecular formula is C16H24N2O. The average Bonchev–Trinajstić information content (AvgIpc) is 2.83. The van der Waals surface area contributed by atoms with Gasteiger partial charge < -0.3 is 10.5 Å². The normalized spacial score (nSPS) is 31.4. The Balaban J connectivity index is 1.70. The second kappa shape index (κ2) is 5.61. The predicted molar refractivity (Wildman–Crippen MR) is 77.0 cm³/mol. The molecule has 2 heterocycles. The van der Waals surface area contributed by atoms with Crippen LogP contribution in [0.4, 0.5) is 0 Å². The first-order valence-corrected chi connectivity index (χ1v) is 7.42. The molecule has 3 atom stereocenters. The fourth-order valence-electron chi connectivity index (χ4n) is 3.37. The standard InChI is InChI=1S/C16H24N2O/c1-12-6-7-16(19-12)11-18-10-14-5-3-2-4-13(14)8-15(18)9-17/h2-5,12,15-16H,6-11,17H2,1H3. The van der Waals surface area contributed by atoms with Crippen LogP contribution in [0.3, 0.4) is 0 Å². The number of ether oxygens (including phenoxy) is 1. The van der Waals surface area contributed by atoms with Crippen LogP contribution in [-0.4, -0.2) is 36.2 Å². The molecule has 2 aliphatic rings. The zero-order valence-corrected chi connectivity index (χ0v) is 11.7. The number of hydrogen-bond acceptors (Lipinski definition) is 3. The largest absolute Gasteiger partial charge is 0.374 e. The Kier molecular flexibility index (Phi) is 3.87. The minimum atomic E-state index is 0.398. The summed E-state index contributed by atoms with van der Waals surface area (Å²) in [7, 11) is 0. The van der Waals surface area contributed by atoms with Gasteiger partial charge in [-0.05, 0) is 37.3 Å². The summed E-state index contributed by atoms with van der Waals surface area (Å²) in [6.07, 6.45) is 4.29. The molecule has 3 rings (SSSR count). The lowest BCUT2D eigenvalue weighted by molar-refractivity contribution is 0.0174. The maximum Gasteiger partial charge on any atom is 0.0706 e. The van der Waals surface area contributed by atoms with E-state index in [9.17, 15) is 0 Å². The first kappa shape index (κ1) is 13.1. The van der Waals surface area contributed by atoms with Crippen LogP contribution < -0.4 is 5.73 Å². The fourth-order valence-corrected chi connectivity index (χ4v) is 3.37. The molecular weight excluding hydrogens is 236 g/mol. The summed E-state index contributed by atoms with van der Waals surface area (Å²) in [5.74, 6) is 0. The highest BCUT2D eigenvalue weighted by Crippen LogP contribution is 2.26. The summed E-state index contributed by atoms with van der Waals surface area (Å²) < 4.78 is 5.96. The van der Waals surface area contributed by atoms with Gasteiger partial charge in [0.2, 0.25) is 0 Å². The van der Waals surface area contributed by atoms with Gasteiger partial charge in [0.1, 0.15) is 0 Å². The molecule has 1 saturated heterocycles. The van der Waals surface area contributed by atoms with E-state index < -0.39 is 0 Å². The quantitative estimate of drug-likeness (QED) is 0.902. The summed E-state index contributed by atoms with van der Waals surface area (Å²) in [5.41, 5.74) is 8.89. The van der Waals surface area contributed by atoms with Crippen molar-refractivity contribution in [2.24, 2.45) is 5.73 Å². The topological polar surface area (TPSA) is 38.5 Å². The van der Waals surface area contributed by atoms with Crippen LogP contribution in [0, 0.1) is 0 Å². The summed E-state index contributed by atoms with van der Waals surface area (Å²) in [6, 6.07) is 9.21. The molecule has 104 valence electrons. The Hall–Kier alpha value is -0.900. The molecule has 2 aliphatic heterocycles. The van der Waals surface area contributed by atoms with Gasteiger partial charge in [-0.3, -0.25) is 4.90 Å². The van der Waals surface area contributed by atoms with E-state index in [0.29, 0.717) is 18.2 Å². The second-order valence-corrected chi connectivity index (χ2v) is 5.94. The Morgan fingerprint density at radius 1 is 1.26 bits per heavy atom. The van der Waals surface area contributed by atoms with Gasteiger partial charge in [0, 0.05) is 25.7 Å². The monoisotopic (exact) mass is 260 g/mol. The number of nitrogens with two attached hydrogens (primary N) is 1. The highest BCUT2D eigenvalue weighted by molar-refractivity contribution is 5.30. The van der Waals surface area contributed by atoms with E-state index in [4.69, 9.17) is 10.5 Å². The molecule has 3 unspecified atom stereocenters. The minimum Gasteiger partial charge on any atom is -0.374 e. The van der Waals surface area contributed by atoms with Crippen LogP contribution in [0.1, 0.15) is 30.9 Å². The van der Waals surface area contributed by atoms with E-state index in [2.05, 4.69) is 36.1 Å². The molecule has 1 fully saturated rings. The Labute approximate surface area is 115 Å². The summed E-state index contributed by atoms with van der Waals surface area (Å²) in [4.78, 5) is 2.52. The van der Waals surface area contributed by atoms with Gasteiger partial charge in [-0.15, -0.1) is 0 Å². The number of rotatable bonds is 3. The third-order valence-electron chi connectivity index (χ3n) is 4.49. The number of fused-ring (bicyclic) bond motifs is 1. The lowest BCUT2D eigenvalue weighted by Gasteiger charge is -2.37. The van der Waals surface area contributed by atoms with Gasteiger partial charge in [0.25, 0.3) is 0 Å². The van der Waals surface area contributed by atoms with Gasteiger partial charge in [-0.25, -0.2) is 0 Å². The predicted octanol–water partition coefficient (Wildman–Crippen LogP) is 1.94. The van der Waals surface area contributed by atoms with Gasteiger partial charge in [0.15, 0.2) is 0 Å². The van der Waals surface area contributed by atoms with Gasteiger partial charge in [0.05, 0.1) is 12.2 Å². The third kappa shape index (κ3) is 2.83. The lowest BCUT2D eigenvalue weighted by Crippen LogP contribution is -2.47. The van der Waals surface area contributed by atoms with Crippen LogP contribution in [0.15, 0.2) is 24.3 Å². The molecule has 3 nitrogen and oxygen atoms in total. The lowest BCUT2D eigenvalue weighted by atomic mass is 9.93. The molecule has 1 aromatic rings. The first-order chi connectivity index (χ1) is 9.26. The maximum atomic E-state index is 5.97. The number of nitrogens with zero attached hydrogens (tertiary/aromatic N) is 1. The third-order valence-corrected chi connectivity index (χ3v) is 4.49. The number of benzene rings is 1. The van der Waals surface area contributed by atoms with Gasteiger partial charge >= 0.3 is 0 Å². The van der Waals surface area contributed by atoms with Crippen molar-refractivity contribution in [1.29, 1.82) is 0 Å². The van der Waals surface area contributed by atoms with Crippen LogP contribution in [0.25, 0.3) is 0 Å². The van der Waals surface area contributed by atoms with Crippen molar-refractivity contribution < 1.29 is 4.74 Å². The van der Waals surface area contributed by atoms with E-state index >= 15 is 0 Å². The van der Waals surface area contributed by atoms with Gasteiger partial charge in [-0.1, -0.05) is 24.3 Å². The van der Waals surface area contributed by atoms with Crippen LogP contribution in [0.2, 0.25) is 0 Å². The summed E-state index contributed by atoms with van der Waals surface area (Å²) in [6.45, 7) is 4.95. The summed E-state index contributed by atoms with van der Waals surface area (Å²) in [5, 5.41) is 0. The van der Waals surface area contributed by atoms with E-state index in [0.717, 1.165) is 26.1 Å². The van der Waals surface area contributed by atoms with Crippen molar-refractivity contribution >= 4 is 0 Å². The highest BCUT2D eigenvalue weighted by Gasteiger charge is 2.30. The molecule has 0 saturated carbocycles. The second-order valence-electron chi connectivity index (χ2n) is 5.94. The molecule has 1 aromatic carbocycles.